The summed E-state index contributed by atoms with van der Waals surface area (Å²) in [6, 6.07) is 13.0. The maximum atomic E-state index is 15.0. The average molecular weight is 671 g/mol. The molecule has 6 rings (SSSR count). The molecule has 2 aromatic carbocycles. The van der Waals surface area contributed by atoms with Crippen molar-refractivity contribution in [1.82, 2.24) is 24.8 Å². The SMILES string of the molecule is C=CCN(Cn1nnc2ccccc21)C(=O)C1N([C@@H](CO)C(C)C)C(=O)[C@@H]2[C@@H](C(=O)N(CC=C)c3ccc(OCC)cc3)[C@@]3(C)CCC12O3. The molecule has 12 nitrogen and oxygen atoms in total. The molecule has 6 atom stereocenters. The third-order valence-corrected chi connectivity index (χ3v) is 10.5. The van der Waals surface area contributed by atoms with Crippen LogP contribution in [0.2, 0.25) is 0 Å². The number of aliphatic hydroxyl groups excluding tert-OH is 1. The molecule has 0 aliphatic carbocycles. The van der Waals surface area contributed by atoms with Gasteiger partial charge in [-0.2, -0.15) is 0 Å². The monoisotopic (exact) mass is 670 g/mol. The van der Waals surface area contributed by atoms with Crippen LogP contribution in [0.5, 0.6) is 5.75 Å². The molecular formula is C37H46N6O6. The highest BCUT2D eigenvalue weighted by atomic mass is 16.5. The lowest BCUT2D eigenvalue weighted by Crippen LogP contribution is -2.59. The Kier molecular flexibility index (Phi) is 9.38. The van der Waals surface area contributed by atoms with E-state index in [4.69, 9.17) is 9.47 Å². The fourth-order valence-electron chi connectivity index (χ4n) is 8.23. The summed E-state index contributed by atoms with van der Waals surface area (Å²) < 4.78 is 14.2. The Morgan fingerprint density at radius 2 is 1.82 bits per heavy atom. The first-order chi connectivity index (χ1) is 23.5. The maximum Gasteiger partial charge on any atom is 0.250 e. The Balaban J connectivity index is 1.42. The number of carbonyl (C=O) groups is 3. The molecule has 12 heteroatoms. The molecule has 3 fully saturated rings. The summed E-state index contributed by atoms with van der Waals surface area (Å²) >= 11 is 0. The molecule has 3 amide bonds. The molecule has 3 saturated heterocycles. The second-order valence-corrected chi connectivity index (χ2v) is 13.7. The number of ether oxygens (including phenoxy) is 2. The molecule has 4 heterocycles. The number of hydrogen-bond donors (Lipinski definition) is 1. The average Bonchev–Trinajstić information content (AvgIpc) is 3.79. The quantitative estimate of drug-likeness (QED) is 0.257. The van der Waals surface area contributed by atoms with Crippen molar-refractivity contribution in [1.29, 1.82) is 0 Å². The van der Waals surface area contributed by atoms with Gasteiger partial charge in [0.15, 0.2) is 0 Å². The van der Waals surface area contributed by atoms with Crippen LogP contribution in [-0.4, -0.2) is 97.2 Å². The molecule has 0 radical (unpaired) electrons. The third kappa shape index (κ3) is 5.60. The zero-order chi connectivity index (χ0) is 35.1. The molecule has 3 aliphatic heterocycles. The smallest absolute Gasteiger partial charge is 0.250 e. The Hall–Kier alpha value is -4.55. The minimum absolute atomic E-state index is 0.0561. The van der Waals surface area contributed by atoms with Crippen LogP contribution >= 0.6 is 0 Å². The van der Waals surface area contributed by atoms with Gasteiger partial charge in [0.05, 0.1) is 42.2 Å². The summed E-state index contributed by atoms with van der Waals surface area (Å²) in [5.41, 5.74) is -0.202. The van der Waals surface area contributed by atoms with Crippen LogP contribution in [0.1, 0.15) is 40.5 Å². The van der Waals surface area contributed by atoms with Crippen LogP contribution in [-0.2, 0) is 25.8 Å². The summed E-state index contributed by atoms with van der Waals surface area (Å²) in [5, 5.41) is 19.2. The third-order valence-electron chi connectivity index (χ3n) is 10.5. The highest BCUT2D eigenvalue weighted by Crippen LogP contribution is 2.64. The van der Waals surface area contributed by atoms with Crippen molar-refractivity contribution in [2.75, 3.05) is 31.2 Å². The normalized spacial score (nSPS) is 26.2. The Bertz CT molecular complexity index is 1740. The zero-order valence-electron chi connectivity index (χ0n) is 28.7. The van der Waals surface area contributed by atoms with Crippen LogP contribution in [0.4, 0.5) is 5.69 Å². The second-order valence-electron chi connectivity index (χ2n) is 13.7. The van der Waals surface area contributed by atoms with Gasteiger partial charge in [-0.25, -0.2) is 4.68 Å². The molecule has 0 saturated carbocycles. The Morgan fingerprint density at radius 1 is 1.10 bits per heavy atom. The number of anilines is 1. The van der Waals surface area contributed by atoms with Gasteiger partial charge in [0.2, 0.25) is 17.7 Å². The van der Waals surface area contributed by atoms with E-state index in [1.807, 2.05) is 64.1 Å². The highest BCUT2D eigenvalue weighted by molar-refractivity contribution is 6.03. The van der Waals surface area contributed by atoms with E-state index in [1.54, 1.807) is 38.8 Å². The van der Waals surface area contributed by atoms with Gasteiger partial charge >= 0.3 is 0 Å². The lowest BCUT2D eigenvalue weighted by molar-refractivity contribution is -0.156. The van der Waals surface area contributed by atoms with Gasteiger partial charge in [0.1, 0.15) is 29.6 Å². The summed E-state index contributed by atoms with van der Waals surface area (Å²) in [5.74, 6) is -2.31. The standard InChI is InChI=1S/C37H46N6O6/c1-7-20-40(23-42-28-13-11-10-12-27(28)38-39-42)35(47)32-37-19-18-36(6,49-37)30(31(37)34(46)43(32)29(22-44)24(4)5)33(45)41(21-8-2)25-14-16-26(17-15-25)48-9-3/h7-8,10-17,24,29-32,44H,1-2,9,18-23H2,3-6H3/t29-,30-,31-,32?,36+,37?/m0/s1. The molecule has 260 valence electrons. The van der Waals surface area contributed by atoms with Crippen molar-refractivity contribution < 1.29 is 29.0 Å². The molecule has 1 N–H and O–H groups in total. The van der Waals surface area contributed by atoms with E-state index in [0.717, 1.165) is 5.52 Å². The largest absolute Gasteiger partial charge is 0.494 e. The topological polar surface area (TPSA) is 130 Å². The molecule has 3 aromatic rings. The summed E-state index contributed by atoms with van der Waals surface area (Å²) in [4.78, 5) is 49.4. The van der Waals surface area contributed by atoms with E-state index < -0.39 is 35.1 Å². The number of aromatic nitrogens is 3. The minimum Gasteiger partial charge on any atom is -0.494 e. The number of likely N-dealkylation sites (tertiary alicyclic amines) is 1. The molecule has 2 bridgehead atoms. The first kappa shape index (κ1) is 34.3. The molecule has 1 aromatic heterocycles. The number of nitrogens with zero attached hydrogens (tertiary/aromatic N) is 6. The maximum absolute atomic E-state index is 15.0. The second kappa shape index (κ2) is 13.4. The fraction of sp³-hybridized carbons (Fsp3) is 0.486. The van der Waals surface area contributed by atoms with Crippen LogP contribution in [0.3, 0.4) is 0 Å². The van der Waals surface area contributed by atoms with Crippen molar-refractivity contribution >= 4 is 34.4 Å². The first-order valence-electron chi connectivity index (χ1n) is 17.0. The number of aliphatic hydroxyl groups is 1. The number of fused-ring (bicyclic) bond motifs is 2. The van der Waals surface area contributed by atoms with Crippen LogP contribution in [0.15, 0.2) is 73.8 Å². The minimum atomic E-state index is -1.28. The molecule has 49 heavy (non-hydrogen) atoms. The van der Waals surface area contributed by atoms with Crippen molar-refractivity contribution in [3.05, 3.63) is 73.8 Å². The van der Waals surface area contributed by atoms with E-state index in [-0.39, 0.29) is 50.0 Å². The van der Waals surface area contributed by atoms with Crippen molar-refractivity contribution in [3.63, 3.8) is 0 Å². The van der Waals surface area contributed by atoms with E-state index in [9.17, 15) is 19.5 Å². The number of carbonyl (C=O) groups excluding carboxylic acids is 3. The highest BCUT2D eigenvalue weighted by Gasteiger charge is 2.79. The Labute approximate surface area is 286 Å². The van der Waals surface area contributed by atoms with E-state index in [2.05, 4.69) is 23.5 Å². The summed E-state index contributed by atoms with van der Waals surface area (Å²) in [6.45, 7) is 16.0. The molecule has 2 unspecified atom stereocenters. The van der Waals surface area contributed by atoms with E-state index >= 15 is 0 Å². The van der Waals surface area contributed by atoms with Crippen LogP contribution in [0.25, 0.3) is 11.0 Å². The lowest BCUT2D eigenvalue weighted by atomic mass is 9.66. The predicted octanol–water partition coefficient (Wildman–Crippen LogP) is 3.80. The van der Waals surface area contributed by atoms with Crippen molar-refractivity contribution in [2.45, 2.75) is 70.5 Å². The van der Waals surface area contributed by atoms with Gasteiger partial charge in [-0.3, -0.25) is 14.4 Å². The van der Waals surface area contributed by atoms with Crippen LogP contribution < -0.4 is 9.64 Å². The number of amides is 3. The molecule has 3 aliphatic rings. The number of hydrogen-bond acceptors (Lipinski definition) is 8. The van der Waals surface area contributed by atoms with Gasteiger partial charge < -0.3 is 29.3 Å². The van der Waals surface area contributed by atoms with Crippen molar-refractivity contribution in [3.8, 4) is 5.75 Å². The van der Waals surface area contributed by atoms with E-state index in [0.29, 0.717) is 36.4 Å². The number of para-hydroxylation sites is 1. The summed E-state index contributed by atoms with van der Waals surface area (Å²) in [6.07, 6.45) is 4.17. The first-order valence-corrected chi connectivity index (χ1v) is 17.0. The summed E-state index contributed by atoms with van der Waals surface area (Å²) in [7, 11) is 0. The van der Waals surface area contributed by atoms with Crippen molar-refractivity contribution in [2.24, 2.45) is 17.8 Å². The van der Waals surface area contributed by atoms with Gasteiger partial charge in [-0.15, -0.1) is 18.3 Å². The Morgan fingerprint density at radius 3 is 2.47 bits per heavy atom. The fourth-order valence-corrected chi connectivity index (χ4v) is 8.23. The van der Waals surface area contributed by atoms with Crippen LogP contribution in [0, 0.1) is 17.8 Å². The molecule has 1 spiro atoms. The van der Waals surface area contributed by atoms with Gasteiger partial charge in [-0.1, -0.05) is 43.3 Å². The van der Waals surface area contributed by atoms with Gasteiger partial charge in [0.25, 0.3) is 0 Å². The zero-order valence-corrected chi connectivity index (χ0v) is 28.7. The lowest BCUT2D eigenvalue weighted by Gasteiger charge is -2.40. The predicted molar refractivity (Wildman–Crippen MR) is 184 cm³/mol. The van der Waals surface area contributed by atoms with Gasteiger partial charge in [0, 0.05) is 18.8 Å². The molecular weight excluding hydrogens is 624 g/mol. The van der Waals surface area contributed by atoms with Gasteiger partial charge in [-0.05, 0) is 69.0 Å². The van der Waals surface area contributed by atoms with E-state index in [1.165, 1.54) is 4.90 Å². The number of rotatable bonds is 14. The number of benzene rings is 2.